The lowest BCUT2D eigenvalue weighted by atomic mass is 9.72. The zero-order valence-electron chi connectivity index (χ0n) is 17.2. The maximum absolute atomic E-state index is 13.4. The number of ketones is 1. The summed E-state index contributed by atoms with van der Waals surface area (Å²) in [6.45, 7) is 1.85. The van der Waals surface area contributed by atoms with E-state index in [1.807, 2.05) is 25.1 Å². The Morgan fingerprint density at radius 1 is 1.10 bits per heavy atom. The van der Waals surface area contributed by atoms with Gasteiger partial charge in [0.15, 0.2) is 17.3 Å². The van der Waals surface area contributed by atoms with Crippen molar-refractivity contribution in [2.45, 2.75) is 31.6 Å². The summed E-state index contributed by atoms with van der Waals surface area (Å²) >= 11 is 0. The summed E-state index contributed by atoms with van der Waals surface area (Å²) in [7, 11) is 1.50. The first-order chi connectivity index (χ1) is 15.0. The Labute approximate surface area is 179 Å². The third kappa shape index (κ3) is 3.13. The standard InChI is InChI=1S/C24H22N2O5/c1-12-21-22(14-5-8-20(30-2)18(28)10-14)23-17(25-24(21)31-26-12)9-15(11-19(23)29)13-3-6-16(27)7-4-13/h3-8,10,15,22,25,27-28H,9,11H2,1-2H3/t15-,22-/m0/s1. The van der Waals surface area contributed by atoms with Gasteiger partial charge in [-0.15, -0.1) is 0 Å². The largest absolute Gasteiger partial charge is 0.508 e. The first kappa shape index (κ1) is 19.2. The van der Waals surface area contributed by atoms with Crippen LogP contribution in [0.25, 0.3) is 0 Å². The van der Waals surface area contributed by atoms with Crippen LogP contribution in [0.15, 0.2) is 58.3 Å². The fourth-order valence-electron chi connectivity index (χ4n) is 4.67. The number of hydrogen-bond acceptors (Lipinski definition) is 7. The molecule has 31 heavy (non-hydrogen) atoms. The highest BCUT2D eigenvalue weighted by Crippen LogP contribution is 2.49. The Hall–Kier alpha value is -3.74. The Kier molecular flexibility index (Phi) is 4.46. The molecule has 0 spiro atoms. The number of Topliss-reactive ketones (excluding diaryl/α,β-unsaturated/α-hetero) is 1. The summed E-state index contributed by atoms with van der Waals surface area (Å²) in [4.78, 5) is 13.4. The lowest BCUT2D eigenvalue weighted by Crippen LogP contribution is -2.29. The van der Waals surface area contributed by atoms with Crippen LogP contribution in [0.4, 0.5) is 5.88 Å². The number of carbonyl (C=O) groups excluding carboxylic acids is 1. The van der Waals surface area contributed by atoms with Gasteiger partial charge in [0.25, 0.3) is 0 Å². The molecule has 1 aliphatic heterocycles. The molecule has 1 aromatic heterocycles. The molecule has 2 aliphatic rings. The highest BCUT2D eigenvalue weighted by Gasteiger charge is 2.41. The molecule has 0 bridgehead atoms. The van der Waals surface area contributed by atoms with Crippen molar-refractivity contribution in [2.75, 3.05) is 12.4 Å². The molecular formula is C24H22N2O5. The van der Waals surface area contributed by atoms with Gasteiger partial charge in [0.05, 0.1) is 18.4 Å². The Morgan fingerprint density at radius 3 is 2.55 bits per heavy atom. The first-order valence-electron chi connectivity index (χ1n) is 10.1. The van der Waals surface area contributed by atoms with Gasteiger partial charge in [0, 0.05) is 23.6 Å². The van der Waals surface area contributed by atoms with Gasteiger partial charge in [-0.2, -0.15) is 0 Å². The summed E-state index contributed by atoms with van der Waals surface area (Å²) in [5, 5.41) is 27.4. The molecule has 5 rings (SSSR count). The van der Waals surface area contributed by atoms with Crippen molar-refractivity contribution in [1.82, 2.24) is 5.16 Å². The Bertz CT molecular complexity index is 1210. The number of anilines is 1. The van der Waals surface area contributed by atoms with Crippen molar-refractivity contribution in [3.05, 3.63) is 76.1 Å². The number of rotatable bonds is 3. The van der Waals surface area contributed by atoms with Crippen molar-refractivity contribution in [2.24, 2.45) is 0 Å². The van der Waals surface area contributed by atoms with E-state index in [1.54, 1.807) is 24.3 Å². The molecule has 0 saturated carbocycles. The van der Waals surface area contributed by atoms with Crippen LogP contribution in [0.1, 0.15) is 47.1 Å². The van der Waals surface area contributed by atoms with Crippen LogP contribution in [0, 0.1) is 6.92 Å². The number of phenols is 2. The second-order valence-electron chi connectivity index (χ2n) is 8.01. The molecule has 2 aromatic carbocycles. The molecule has 158 valence electrons. The van der Waals surface area contributed by atoms with Crippen molar-refractivity contribution in [3.63, 3.8) is 0 Å². The minimum atomic E-state index is -0.387. The number of nitrogens with zero attached hydrogens (tertiary/aromatic N) is 1. The summed E-state index contributed by atoms with van der Waals surface area (Å²) < 4.78 is 10.7. The Morgan fingerprint density at radius 2 is 1.84 bits per heavy atom. The van der Waals surface area contributed by atoms with E-state index < -0.39 is 0 Å². The molecule has 2 atom stereocenters. The number of nitrogens with one attached hydrogen (secondary N) is 1. The smallest absolute Gasteiger partial charge is 0.233 e. The average Bonchev–Trinajstić information content (AvgIpc) is 3.13. The van der Waals surface area contributed by atoms with Gasteiger partial charge in [0.2, 0.25) is 5.88 Å². The van der Waals surface area contributed by atoms with Crippen molar-refractivity contribution >= 4 is 11.7 Å². The summed E-state index contributed by atoms with van der Waals surface area (Å²) in [6.07, 6.45) is 0.993. The second kappa shape index (κ2) is 7.19. The van der Waals surface area contributed by atoms with E-state index in [9.17, 15) is 15.0 Å². The maximum Gasteiger partial charge on any atom is 0.233 e. The van der Waals surface area contributed by atoms with E-state index in [0.717, 1.165) is 22.4 Å². The molecule has 0 saturated heterocycles. The number of aryl methyl sites for hydroxylation is 1. The zero-order valence-corrected chi connectivity index (χ0v) is 17.2. The number of fused-ring (bicyclic) bond motifs is 1. The van der Waals surface area contributed by atoms with Crippen molar-refractivity contribution < 1.29 is 24.3 Å². The quantitative estimate of drug-likeness (QED) is 0.580. The van der Waals surface area contributed by atoms with Crippen LogP contribution in [0.3, 0.4) is 0 Å². The third-order valence-corrected chi connectivity index (χ3v) is 6.16. The molecule has 0 amide bonds. The fourth-order valence-corrected chi connectivity index (χ4v) is 4.67. The molecule has 7 heteroatoms. The SMILES string of the molecule is COc1ccc([C@@H]2C3=C(C[C@H](c4ccc(O)cc4)CC3=O)Nc3onc(C)c32)cc1O. The predicted octanol–water partition coefficient (Wildman–Crippen LogP) is 4.36. The van der Waals surface area contributed by atoms with Crippen LogP contribution >= 0.6 is 0 Å². The molecule has 1 aliphatic carbocycles. The fraction of sp³-hybridized carbons (Fsp3) is 0.250. The van der Waals surface area contributed by atoms with E-state index in [0.29, 0.717) is 35.7 Å². The minimum Gasteiger partial charge on any atom is -0.508 e. The van der Waals surface area contributed by atoms with E-state index >= 15 is 0 Å². The average molecular weight is 418 g/mol. The highest BCUT2D eigenvalue weighted by atomic mass is 16.5. The van der Waals surface area contributed by atoms with E-state index in [1.165, 1.54) is 7.11 Å². The second-order valence-corrected chi connectivity index (χ2v) is 8.01. The molecule has 3 aromatic rings. The number of ether oxygens (including phenoxy) is 1. The monoisotopic (exact) mass is 418 g/mol. The van der Waals surface area contributed by atoms with Gasteiger partial charge in [-0.25, -0.2) is 0 Å². The normalized spacial score (nSPS) is 20.1. The highest BCUT2D eigenvalue weighted by molar-refractivity contribution is 6.01. The number of carbonyl (C=O) groups is 1. The van der Waals surface area contributed by atoms with Crippen LogP contribution in [0.5, 0.6) is 17.2 Å². The Balaban J connectivity index is 1.61. The topological polar surface area (TPSA) is 105 Å². The van der Waals surface area contributed by atoms with E-state index in [4.69, 9.17) is 9.26 Å². The summed E-state index contributed by atoms with van der Waals surface area (Å²) in [6, 6.07) is 12.2. The van der Waals surface area contributed by atoms with Crippen molar-refractivity contribution in [1.29, 1.82) is 0 Å². The summed E-state index contributed by atoms with van der Waals surface area (Å²) in [5.41, 5.74) is 4.76. The number of allylic oxidation sites excluding steroid dienone is 2. The predicted molar refractivity (Wildman–Crippen MR) is 113 cm³/mol. The number of phenolic OH excluding ortho intramolecular Hbond substituents is 2. The molecular weight excluding hydrogens is 396 g/mol. The maximum atomic E-state index is 13.4. The van der Waals surface area contributed by atoms with Gasteiger partial charge in [-0.3, -0.25) is 4.79 Å². The molecule has 0 fully saturated rings. The number of methoxy groups -OCH3 is 1. The van der Waals surface area contributed by atoms with Crippen LogP contribution in [-0.4, -0.2) is 28.3 Å². The van der Waals surface area contributed by atoms with Gasteiger partial charge < -0.3 is 24.8 Å². The van der Waals surface area contributed by atoms with Crippen molar-refractivity contribution in [3.8, 4) is 17.2 Å². The van der Waals surface area contributed by atoms with Gasteiger partial charge in [-0.05, 0) is 54.7 Å². The van der Waals surface area contributed by atoms with Gasteiger partial charge in [-0.1, -0.05) is 23.4 Å². The molecule has 0 radical (unpaired) electrons. The molecule has 7 nitrogen and oxygen atoms in total. The summed E-state index contributed by atoms with van der Waals surface area (Å²) in [5.74, 6) is 0.757. The first-order valence-corrected chi connectivity index (χ1v) is 10.1. The molecule has 2 heterocycles. The molecule has 3 N–H and O–H groups in total. The lowest BCUT2D eigenvalue weighted by molar-refractivity contribution is -0.116. The number of hydrogen-bond donors (Lipinski definition) is 3. The van der Waals surface area contributed by atoms with Gasteiger partial charge in [0.1, 0.15) is 5.75 Å². The minimum absolute atomic E-state index is 0.00478. The van der Waals surface area contributed by atoms with Crippen LogP contribution < -0.4 is 10.1 Å². The lowest BCUT2D eigenvalue weighted by Gasteiger charge is -2.34. The van der Waals surface area contributed by atoms with E-state index in [-0.39, 0.29) is 29.1 Å². The zero-order chi connectivity index (χ0) is 21.7. The number of aromatic nitrogens is 1. The molecule has 0 unspecified atom stereocenters. The van der Waals surface area contributed by atoms with E-state index in [2.05, 4.69) is 10.5 Å². The number of aromatic hydroxyl groups is 2. The van der Waals surface area contributed by atoms with Crippen LogP contribution in [-0.2, 0) is 4.79 Å². The number of benzene rings is 2. The third-order valence-electron chi connectivity index (χ3n) is 6.16. The van der Waals surface area contributed by atoms with Crippen LogP contribution in [0.2, 0.25) is 0 Å². The van der Waals surface area contributed by atoms with Gasteiger partial charge >= 0.3 is 0 Å².